The van der Waals surface area contributed by atoms with Gasteiger partial charge in [-0.25, -0.2) is 0 Å². The van der Waals surface area contributed by atoms with Crippen LogP contribution in [-0.4, -0.2) is 29.2 Å². The first-order valence-corrected chi connectivity index (χ1v) is 1.95. The molecule has 1 unspecified atom stereocenters. The minimum Gasteiger partial charge on any atom is -0.394 e. The van der Waals surface area contributed by atoms with Crippen LogP contribution in [0.25, 0.3) is 0 Å². The van der Waals surface area contributed by atoms with E-state index in [4.69, 9.17) is 10.2 Å². The average Bonchev–Trinajstić information content (AvgIpc) is 1.68. The van der Waals surface area contributed by atoms with Gasteiger partial charge < -0.3 is 10.2 Å². The van der Waals surface area contributed by atoms with E-state index in [2.05, 4.69) is 0 Å². The predicted molar refractivity (Wildman–Crippen MR) is 23.4 cm³/mol. The third-order valence-corrected chi connectivity index (χ3v) is 0.530. The number of hydrogen-bond donors (Lipinski definition) is 2. The third-order valence-electron chi connectivity index (χ3n) is 0.530. The Morgan fingerprint density at radius 3 is 2.43 bits per heavy atom. The van der Waals surface area contributed by atoms with E-state index in [1.807, 2.05) is 0 Å². The van der Waals surface area contributed by atoms with E-state index >= 15 is 0 Å². The quantitative estimate of drug-likeness (QED) is 0.473. The van der Waals surface area contributed by atoms with E-state index < -0.39 is 6.10 Å². The summed E-state index contributed by atoms with van der Waals surface area (Å²) >= 11 is 0. The fourth-order valence-electron chi connectivity index (χ4n) is 0.161. The van der Waals surface area contributed by atoms with E-state index in [0.29, 0.717) is 0 Å². The lowest BCUT2D eigenvalue weighted by atomic mass is 10.3. The Hall–Kier alpha value is -0.410. The summed E-state index contributed by atoms with van der Waals surface area (Å²) in [4.78, 5) is 9.38. The first-order chi connectivity index (χ1) is 3.31. The summed E-state index contributed by atoms with van der Waals surface area (Å²) < 4.78 is 0. The summed E-state index contributed by atoms with van der Waals surface area (Å²) in [6.45, 7) is -0.366. The second-order valence-corrected chi connectivity index (χ2v) is 1.18. The van der Waals surface area contributed by atoms with Crippen LogP contribution in [0.3, 0.4) is 0 Å². The molecule has 1 atom stereocenters. The Morgan fingerprint density at radius 1 is 1.71 bits per heavy atom. The van der Waals surface area contributed by atoms with E-state index in [0.717, 1.165) is 0 Å². The van der Waals surface area contributed by atoms with E-state index in [1.54, 1.807) is 0 Å². The maximum absolute atomic E-state index is 9.38. The first kappa shape index (κ1) is 6.59. The SMILES string of the molecule is O=[C]CC(O)CO. The molecule has 0 bridgehead atoms. The molecular weight excluding hydrogens is 96.0 g/mol. The van der Waals surface area contributed by atoms with Gasteiger partial charge in [-0.15, -0.1) is 0 Å². The van der Waals surface area contributed by atoms with Crippen molar-refractivity contribution in [2.24, 2.45) is 0 Å². The normalized spacial score (nSPS) is 13.4. The molecule has 3 nitrogen and oxygen atoms in total. The number of rotatable bonds is 3. The molecule has 0 heterocycles. The standard InChI is InChI=1S/C4H7O3/c5-2-1-4(7)3-6/h4,6-7H,1,3H2. The molecule has 0 saturated carbocycles. The number of aliphatic hydroxyl groups excluding tert-OH is 2. The van der Waals surface area contributed by atoms with Gasteiger partial charge in [-0.2, -0.15) is 0 Å². The minimum absolute atomic E-state index is 0.101. The summed E-state index contributed by atoms with van der Waals surface area (Å²) in [5, 5.41) is 16.4. The second kappa shape index (κ2) is 3.77. The van der Waals surface area contributed by atoms with Crippen molar-refractivity contribution in [2.75, 3.05) is 6.61 Å². The molecule has 0 rings (SSSR count). The molecule has 0 aliphatic heterocycles. The van der Waals surface area contributed by atoms with Crippen molar-refractivity contribution in [1.82, 2.24) is 0 Å². The predicted octanol–water partition coefficient (Wildman–Crippen LogP) is -1.16. The number of carbonyl (C=O) groups excluding carboxylic acids is 1. The van der Waals surface area contributed by atoms with Gasteiger partial charge in [0.2, 0.25) is 6.29 Å². The van der Waals surface area contributed by atoms with Crippen LogP contribution in [0.1, 0.15) is 6.42 Å². The minimum atomic E-state index is -0.919. The Kier molecular flexibility index (Phi) is 3.55. The van der Waals surface area contributed by atoms with E-state index in [1.165, 1.54) is 6.29 Å². The highest BCUT2D eigenvalue weighted by atomic mass is 16.3. The highest BCUT2D eigenvalue weighted by molar-refractivity contribution is 5.51. The molecule has 3 heteroatoms. The van der Waals surface area contributed by atoms with Gasteiger partial charge in [0.25, 0.3) is 0 Å². The lowest BCUT2D eigenvalue weighted by Crippen LogP contribution is -2.11. The highest BCUT2D eigenvalue weighted by Gasteiger charge is 1.97. The maximum atomic E-state index is 9.38. The topological polar surface area (TPSA) is 57.5 Å². The van der Waals surface area contributed by atoms with Crippen LogP contribution in [0.2, 0.25) is 0 Å². The summed E-state index contributed by atoms with van der Waals surface area (Å²) in [7, 11) is 0. The van der Waals surface area contributed by atoms with Crippen LogP contribution in [0.4, 0.5) is 0 Å². The second-order valence-electron chi connectivity index (χ2n) is 1.18. The van der Waals surface area contributed by atoms with Crippen molar-refractivity contribution in [2.45, 2.75) is 12.5 Å². The Bertz CT molecular complexity index is 52.9. The van der Waals surface area contributed by atoms with Crippen molar-refractivity contribution in [1.29, 1.82) is 0 Å². The number of aliphatic hydroxyl groups is 2. The smallest absolute Gasteiger partial charge is 0.201 e. The van der Waals surface area contributed by atoms with Gasteiger partial charge in [0.05, 0.1) is 12.7 Å². The lowest BCUT2D eigenvalue weighted by Gasteiger charge is -1.96. The Balaban J connectivity index is 2.98. The first-order valence-electron chi connectivity index (χ1n) is 1.95. The molecule has 7 heavy (non-hydrogen) atoms. The van der Waals surface area contributed by atoms with Crippen LogP contribution >= 0.6 is 0 Å². The van der Waals surface area contributed by atoms with Crippen LogP contribution in [0.5, 0.6) is 0 Å². The van der Waals surface area contributed by atoms with Crippen molar-refractivity contribution in [3.05, 3.63) is 0 Å². The molecular formula is C4H7O3. The van der Waals surface area contributed by atoms with Gasteiger partial charge in [-0.1, -0.05) is 0 Å². The third kappa shape index (κ3) is 3.42. The summed E-state index contributed by atoms with van der Waals surface area (Å²) in [6, 6.07) is 0. The summed E-state index contributed by atoms with van der Waals surface area (Å²) in [5.41, 5.74) is 0. The van der Waals surface area contributed by atoms with Crippen LogP contribution in [0.15, 0.2) is 0 Å². The molecule has 0 spiro atoms. The molecule has 1 radical (unpaired) electrons. The van der Waals surface area contributed by atoms with Gasteiger partial charge in [-0.05, 0) is 0 Å². The van der Waals surface area contributed by atoms with E-state index in [9.17, 15) is 4.79 Å². The fourth-order valence-corrected chi connectivity index (χ4v) is 0.161. The van der Waals surface area contributed by atoms with Gasteiger partial charge >= 0.3 is 0 Å². The van der Waals surface area contributed by atoms with E-state index in [-0.39, 0.29) is 13.0 Å². The molecule has 0 saturated heterocycles. The largest absolute Gasteiger partial charge is 0.394 e. The fraction of sp³-hybridized carbons (Fsp3) is 0.750. The number of hydrogen-bond acceptors (Lipinski definition) is 3. The van der Waals surface area contributed by atoms with Crippen LogP contribution in [-0.2, 0) is 4.79 Å². The van der Waals surface area contributed by atoms with Crippen molar-refractivity contribution >= 4 is 6.29 Å². The maximum Gasteiger partial charge on any atom is 0.201 e. The molecule has 0 aromatic rings. The van der Waals surface area contributed by atoms with Crippen molar-refractivity contribution in [3.63, 3.8) is 0 Å². The highest BCUT2D eigenvalue weighted by Crippen LogP contribution is 1.81. The van der Waals surface area contributed by atoms with Gasteiger partial charge in [0.1, 0.15) is 0 Å². The van der Waals surface area contributed by atoms with Crippen molar-refractivity contribution < 1.29 is 15.0 Å². The zero-order valence-corrected chi connectivity index (χ0v) is 3.79. The molecule has 41 valence electrons. The molecule has 2 N–H and O–H groups in total. The van der Waals surface area contributed by atoms with Gasteiger partial charge in [0.15, 0.2) is 0 Å². The Morgan fingerprint density at radius 2 is 2.29 bits per heavy atom. The zero-order chi connectivity index (χ0) is 5.70. The summed E-state index contributed by atoms with van der Waals surface area (Å²) in [5.74, 6) is 0. The summed E-state index contributed by atoms with van der Waals surface area (Å²) in [6.07, 6.45) is 0.439. The molecule has 0 amide bonds. The molecule has 0 aromatic carbocycles. The van der Waals surface area contributed by atoms with Gasteiger partial charge in [0, 0.05) is 6.42 Å². The monoisotopic (exact) mass is 103 g/mol. The van der Waals surface area contributed by atoms with Crippen molar-refractivity contribution in [3.8, 4) is 0 Å². The molecule has 0 fully saturated rings. The molecule has 0 aliphatic carbocycles. The zero-order valence-electron chi connectivity index (χ0n) is 3.79. The molecule has 0 aliphatic rings. The average molecular weight is 103 g/mol. The Labute approximate surface area is 41.6 Å². The van der Waals surface area contributed by atoms with Gasteiger partial charge in [-0.3, -0.25) is 4.79 Å². The van der Waals surface area contributed by atoms with Crippen LogP contribution < -0.4 is 0 Å². The lowest BCUT2D eigenvalue weighted by molar-refractivity contribution is 0.100. The molecule has 0 aromatic heterocycles. The van der Waals surface area contributed by atoms with Crippen LogP contribution in [0, 0.1) is 0 Å².